The number of ether oxygens (including phenoxy) is 3. The number of nitrogens with zero attached hydrogens (tertiary/aromatic N) is 1. The molecule has 0 aromatic heterocycles. The van der Waals surface area contributed by atoms with E-state index < -0.39 is 6.03 Å². The lowest BCUT2D eigenvalue weighted by Crippen LogP contribution is -2.36. The highest BCUT2D eigenvalue weighted by atomic mass is 16.6. The highest BCUT2D eigenvalue weighted by molar-refractivity contribution is 6.01. The zero-order valence-corrected chi connectivity index (χ0v) is 16.6. The molecule has 0 radical (unpaired) electrons. The van der Waals surface area contributed by atoms with E-state index in [2.05, 4.69) is 10.6 Å². The Morgan fingerprint density at radius 3 is 2.69 bits per heavy atom. The molecule has 0 aliphatic carbocycles. The summed E-state index contributed by atoms with van der Waals surface area (Å²) < 4.78 is 16.1. The van der Waals surface area contributed by atoms with Gasteiger partial charge in [-0.05, 0) is 36.9 Å². The molecule has 2 aromatic carbocycles. The van der Waals surface area contributed by atoms with E-state index >= 15 is 0 Å². The van der Waals surface area contributed by atoms with Gasteiger partial charge in [0.1, 0.15) is 19.0 Å². The molecule has 0 atom stereocenters. The van der Waals surface area contributed by atoms with Crippen LogP contribution in [-0.2, 0) is 11.3 Å². The SMILES string of the molecule is COc1cccc(CN(C)CCC(=O)NC(=O)Nc2ccc3c(c2)OCCO3)c1. The van der Waals surface area contributed by atoms with Crippen molar-refractivity contribution in [3.63, 3.8) is 0 Å². The van der Waals surface area contributed by atoms with Crippen LogP contribution < -0.4 is 24.8 Å². The molecular weight excluding hydrogens is 374 g/mol. The van der Waals surface area contributed by atoms with Crippen LogP contribution in [0.15, 0.2) is 42.5 Å². The van der Waals surface area contributed by atoms with Gasteiger partial charge in [-0.2, -0.15) is 0 Å². The zero-order chi connectivity index (χ0) is 20.6. The molecule has 3 rings (SSSR count). The fourth-order valence-electron chi connectivity index (χ4n) is 2.93. The maximum atomic E-state index is 12.1. The molecule has 8 nitrogen and oxygen atoms in total. The molecule has 0 spiro atoms. The lowest BCUT2D eigenvalue weighted by atomic mass is 10.2. The summed E-state index contributed by atoms with van der Waals surface area (Å²) in [5.41, 5.74) is 1.61. The third-order valence-corrected chi connectivity index (χ3v) is 4.36. The number of anilines is 1. The Bertz CT molecular complexity index is 871. The maximum absolute atomic E-state index is 12.1. The third kappa shape index (κ3) is 6.11. The number of nitrogens with one attached hydrogen (secondary N) is 2. The summed E-state index contributed by atoms with van der Waals surface area (Å²) in [7, 11) is 3.55. The molecule has 1 heterocycles. The highest BCUT2D eigenvalue weighted by Crippen LogP contribution is 2.32. The van der Waals surface area contributed by atoms with E-state index in [0.717, 1.165) is 11.3 Å². The Morgan fingerprint density at radius 1 is 1.10 bits per heavy atom. The van der Waals surface area contributed by atoms with Crippen LogP contribution in [0, 0.1) is 0 Å². The summed E-state index contributed by atoms with van der Waals surface area (Å²) in [6.07, 6.45) is 0.203. The Kier molecular flexibility index (Phi) is 6.91. The van der Waals surface area contributed by atoms with Crippen LogP contribution in [0.4, 0.5) is 10.5 Å². The number of benzene rings is 2. The van der Waals surface area contributed by atoms with E-state index in [4.69, 9.17) is 14.2 Å². The van der Waals surface area contributed by atoms with E-state index in [0.29, 0.717) is 43.5 Å². The molecule has 0 fully saturated rings. The summed E-state index contributed by atoms with van der Waals surface area (Å²) in [5.74, 6) is 1.65. The molecule has 0 saturated carbocycles. The molecule has 29 heavy (non-hydrogen) atoms. The first-order chi connectivity index (χ1) is 14.0. The predicted molar refractivity (Wildman–Crippen MR) is 109 cm³/mol. The van der Waals surface area contributed by atoms with Crippen LogP contribution >= 0.6 is 0 Å². The van der Waals surface area contributed by atoms with Crippen molar-refractivity contribution in [2.75, 3.05) is 39.2 Å². The molecule has 2 N–H and O–H groups in total. The van der Waals surface area contributed by atoms with E-state index in [9.17, 15) is 9.59 Å². The van der Waals surface area contributed by atoms with Gasteiger partial charge in [0.25, 0.3) is 0 Å². The number of hydrogen-bond acceptors (Lipinski definition) is 6. The first-order valence-corrected chi connectivity index (χ1v) is 9.35. The van der Waals surface area contributed by atoms with Crippen LogP contribution in [0.5, 0.6) is 17.2 Å². The minimum Gasteiger partial charge on any atom is -0.497 e. The standard InChI is InChI=1S/C21H25N3O5/c1-24(14-15-4-3-5-17(12-15)27-2)9-8-20(25)23-21(26)22-16-6-7-18-19(13-16)29-11-10-28-18/h3-7,12-13H,8-11,14H2,1-2H3,(H2,22,23,25,26). The first-order valence-electron chi connectivity index (χ1n) is 9.35. The highest BCUT2D eigenvalue weighted by Gasteiger charge is 2.14. The molecule has 8 heteroatoms. The number of hydrogen-bond donors (Lipinski definition) is 2. The van der Waals surface area contributed by atoms with Gasteiger partial charge in [0.15, 0.2) is 11.5 Å². The van der Waals surface area contributed by atoms with Gasteiger partial charge in [-0.25, -0.2) is 4.79 Å². The Balaban J connectivity index is 1.42. The van der Waals surface area contributed by atoms with Crippen molar-refractivity contribution < 1.29 is 23.8 Å². The van der Waals surface area contributed by atoms with Gasteiger partial charge in [-0.3, -0.25) is 10.1 Å². The van der Waals surface area contributed by atoms with Crippen molar-refractivity contribution in [1.29, 1.82) is 0 Å². The average molecular weight is 399 g/mol. The van der Waals surface area contributed by atoms with E-state index in [1.807, 2.05) is 36.2 Å². The van der Waals surface area contributed by atoms with Crippen molar-refractivity contribution in [1.82, 2.24) is 10.2 Å². The van der Waals surface area contributed by atoms with Crippen molar-refractivity contribution >= 4 is 17.6 Å². The monoisotopic (exact) mass is 399 g/mol. The van der Waals surface area contributed by atoms with Crippen molar-refractivity contribution in [2.45, 2.75) is 13.0 Å². The molecule has 1 aliphatic heterocycles. The van der Waals surface area contributed by atoms with Gasteiger partial charge in [0.05, 0.1) is 7.11 Å². The number of methoxy groups -OCH3 is 1. The summed E-state index contributed by atoms with van der Waals surface area (Å²) in [6.45, 7) is 2.15. The van der Waals surface area contributed by atoms with Gasteiger partial charge in [-0.1, -0.05) is 12.1 Å². The summed E-state index contributed by atoms with van der Waals surface area (Å²) in [6, 6.07) is 12.3. The number of carbonyl (C=O) groups is 2. The number of carbonyl (C=O) groups excluding carboxylic acids is 2. The molecule has 1 aliphatic rings. The fraction of sp³-hybridized carbons (Fsp3) is 0.333. The summed E-state index contributed by atoms with van der Waals surface area (Å²) in [4.78, 5) is 26.1. The van der Waals surface area contributed by atoms with Crippen LogP contribution in [0.3, 0.4) is 0 Å². The third-order valence-electron chi connectivity index (χ3n) is 4.36. The van der Waals surface area contributed by atoms with Crippen molar-refractivity contribution in [3.05, 3.63) is 48.0 Å². The second kappa shape index (κ2) is 9.79. The number of urea groups is 1. The second-order valence-electron chi connectivity index (χ2n) is 6.70. The number of imide groups is 1. The quantitative estimate of drug-likeness (QED) is 0.744. The second-order valence-corrected chi connectivity index (χ2v) is 6.70. The Labute approximate surface area is 169 Å². The van der Waals surface area contributed by atoms with Crippen LogP contribution in [0.25, 0.3) is 0 Å². The fourth-order valence-corrected chi connectivity index (χ4v) is 2.93. The first kappa shape index (κ1) is 20.5. The average Bonchev–Trinajstić information content (AvgIpc) is 2.72. The van der Waals surface area contributed by atoms with E-state index in [-0.39, 0.29) is 12.3 Å². The number of rotatable bonds is 7. The molecular formula is C21H25N3O5. The van der Waals surface area contributed by atoms with Crippen LogP contribution in [0.2, 0.25) is 0 Å². The molecule has 0 bridgehead atoms. The molecule has 3 amide bonds. The van der Waals surface area contributed by atoms with Crippen LogP contribution in [-0.4, -0.2) is 50.8 Å². The largest absolute Gasteiger partial charge is 0.497 e. The lowest BCUT2D eigenvalue weighted by molar-refractivity contribution is -0.120. The number of amides is 3. The summed E-state index contributed by atoms with van der Waals surface area (Å²) >= 11 is 0. The minimum absolute atomic E-state index is 0.203. The van der Waals surface area contributed by atoms with Crippen LogP contribution in [0.1, 0.15) is 12.0 Å². The zero-order valence-electron chi connectivity index (χ0n) is 16.6. The minimum atomic E-state index is -0.581. The molecule has 154 valence electrons. The van der Waals surface area contributed by atoms with Crippen molar-refractivity contribution in [3.8, 4) is 17.2 Å². The predicted octanol–water partition coefficient (Wildman–Crippen LogP) is 2.64. The topological polar surface area (TPSA) is 89.1 Å². The Morgan fingerprint density at radius 2 is 1.90 bits per heavy atom. The maximum Gasteiger partial charge on any atom is 0.325 e. The normalized spacial score (nSPS) is 12.4. The van der Waals surface area contributed by atoms with Crippen molar-refractivity contribution in [2.24, 2.45) is 0 Å². The lowest BCUT2D eigenvalue weighted by Gasteiger charge is -2.19. The van der Waals surface area contributed by atoms with Gasteiger partial charge < -0.3 is 24.4 Å². The molecule has 0 unspecified atom stereocenters. The van der Waals surface area contributed by atoms with Gasteiger partial charge >= 0.3 is 6.03 Å². The van der Waals surface area contributed by atoms with E-state index in [1.54, 1.807) is 25.3 Å². The van der Waals surface area contributed by atoms with Gasteiger partial charge in [0, 0.05) is 31.3 Å². The van der Waals surface area contributed by atoms with Gasteiger partial charge in [0.2, 0.25) is 5.91 Å². The van der Waals surface area contributed by atoms with E-state index in [1.165, 1.54) is 0 Å². The molecule has 2 aromatic rings. The summed E-state index contributed by atoms with van der Waals surface area (Å²) in [5, 5.41) is 4.97. The smallest absolute Gasteiger partial charge is 0.325 e. The van der Waals surface area contributed by atoms with Gasteiger partial charge in [-0.15, -0.1) is 0 Å². The molecule has 0 saturated heterocycles. The number of fused-ring (bicyclic) bond motifs is 1. The Hall–Kier alpha value is -3.26.